The van der Waals surface area contributed by atoms with Crippen molar-refractivity contribution in [3.8, 4) is 0 Å². The zero-order chi connectivity index (χ0) is 10.4. The van der Waals surface area contributed by atoms with Crippen LogP contribution < -0.4 is 5.73 Å². The first-order chi connectivity index (χ1) is 6.77. The molecule has 2 N–H and O–H groups in total. The second-order valence-corrected chi connectivity index (χ2v) is 3.35. The highest BCUT2D eigenvalue weighted by Gasteiger charge is 2.24. The molecular formula is C9H18N2O3. The number of methoxy groups -OCH3 is 1. The number of carbonyl (C=O) groups excluding carboxylic acids is 1. The molecule has 5 nitrogen and oxygen atoms in total. The van der Waals surface area contributed by atoms with Gasteiger partial charge in [-0.15, -0.1) is 0 Å². The fourth-order valence-electron chi connectivity index (χ4n) is 1.44. The van der Waals surface area contributed by atoms with E-state index in [4.69, 9.17) is 15.2 Å². The van der Waals surface area contributed by atoms with Gasteiger partial charge in [0.05, 0.1) is 6.10 Å². The van der Waals surface area contributed by atoms with Crippen LogP contribution in [-0.2, 0) is 14.3 Å². The SMILES string of the molecule is COCCCN1CC(CN)OCC1=O. The van der Waals surface area contributed by atoms with Gasteiger partial charge in [-0.05, 0) is 6.42 Å². The Morgan fingerprint density at radius 1 is 1.71 bits per heavy atom. The van der Waals surface area contributed by atoms with E-state index in [2.05, 4.69) is 0 Å². The van der Waals surface area contributed by atoms with Gasteiger partial charge in [0.1, 0.15) is 6.61 Å². The molecular weight excluding hydrogens is 184 g/mol. The largest absolute Gasteiger partial charge is 0.385 e. The van der Waals surface area contributed by atoms with Crippen LogP contribution in [0, 0.1) is 0 Å². The zero-order valence-corrected chi connectivity index (χ0v) is 8.57. The molecule has 1 heterocycles. The summed E-state index contributed by atoms with van der Waals surface area (Å²) in [4.78, 5) is 13.2. The Balaban J connectivity index is 2.29. The molecule has 1 rings (SSSR count). The molecule has 0 radical (unpaired) electrons. The van der Waals surface area contributed by atoms with Crippen LogP contribution in [0.4, 0.5) is 0 Å². The topological polar surface area (TPSA) is 64.8 Å². The van der Waals surface area contributed by atoms with Crippen molar-refractivity contribution in [1.82, 2.24) is 4.90 Å². The van der Waals surface area contributed by atoms with Gasteiger partial charge in [0.2, 0.25) is 5.91 Å². The Morgan fingerprint density at radius 3 is 3.14 bits per heavy atom. The number of morpholine rings is 1. The first-order valence-electron chi connectivity index (χ1n) is 4.86. The number of amides is 1. The van der Waals surface area contributed by atoms with Crippen molar-refractivity contribution in [3.63, 3.8) is 0 Å². The molecule has 14 heavy (non-hydrogen) atoms. The molecule has 1 fully saturated rings. The van der Waals surface area contributed by atoms with Gasteiger partial charge >= 0.3 is 0 Å². The lowest BCUT2D eigenvalue weighted by molar-refractivity contribution is -0.148. The highest BCUT2D eigenvalue weighted by molar-refractivity contribution is 5.78. The van der Waals surface area contributed by atoms with Crippen LogP contribution in [-0.4, -0.2) is 56.9 Å². The van der Waals surface area contributed by atoms with E-state index in [1.807, 2.05) is 0 Å². The molecule has 0 spiro atoms. The van der Waals surface area contributed by atoms with E-state index in [1.165, 1.54) is 0 Å². The number of rotatable bonds is 5. The van der Waals surface area contributed by atoms with E-state index in [0.717, 1.165) is 13.0 Å². The van der Waals surface area contributed by atoms with Crippen LogP contribution in [0.3, 0.4) is 0 Å². The third-order valence-electron chi connectivity index (χ3n) is 2.26. The van der Waals surface area contributed by atoms with E-state index in [-0.39, 0.29) is 18.6 Å². The molecule has 0 aromatic heterocycles. The van der Waals surface area contributed by atoms with Gasteiger partial charge < -0.3 is 20.1 Å². The standard InChI is InChI=1S/C9H18N2O3/c1-13-4-2-3-11-6-8(5-10)14-7-9(11)12/h8H,2-7,10H2,1H3. The van der Waals surface area contributed by atoms with Crippen LogP contribution >= 0.6 is 0 Å². The molecule has 0 aromatic carbocycles. The lowest BCUT2D eigenvalue weighted by Gasteiger charge is -2.32. The Hall–Kier alpha value is -0.650. The Labute approximate surface area is 84.1 Å². The van der Waals surface area contributed by atoms with Gasteiger partial charge in [-0.1, -0.05) is 0 Å². The predicted molar refractivity (Wildman–Crippen MR) is 51.9 cm³/mol. The third-order valence-corrected chi connectivity index (χ3v) is 2.26. The van der Waals surface area contributed by atoms with E-state index in [1.54, 1.807) is 12.0 Å². The summed E-state index contributed by atoms with van der Waals surface area (Å²) in [5.74, 6) is 0.0470. The lowest BCUT2D eigenvalue weighted by atomic mass is 10.2. The highest BCUT2D eigenvalue weighted by atomic mass is 16.5. The predicted octanol–water partition coefficient (Wildman–Crippen LogP) is -0.791. The summed E-state index contributed by atoms with van der Waals surface area (Å²) in [5, 5.41) is 0. The lowest BCUT2D eigenvalue weighted by Crippen LogP contribution is -2.49. The quantitative estimate of drug-likeness (QED) is 0.593. The van der Waals surface area contributed by atoms with E-state index in [9.17, 15) is 4.79 Å². The van der Waals surface area contributed by atoms with Crippen molar-refractivity contribution in [2.75, 3.05) is 40.0 Å². The summed E-state index contributed by atoms with van der Waals surface area (Å²) in [5.41, 5.74) is 5.48. The molecule has 1 atom stereocenters. The molecule has 82 valence electrons. The summed E-state index contributed by atoms with van der Waals surface area (Å²) in [6, 6.07) is 0. The fraction of sp³-hybridized carbons (Fsp3) is 0.889. The summed E-state index contributed by atoms with van der Waals surface area (Å²) in [6.45, 7) is 2.65. The highest BCUT2D eigenvalue weighted by Crippen LogP contribution is 2.05. The Bertz CT molecular complexity index is 187. The molecule has 1 aliphatic rings. The minimum atomic E-state index is -0.00440. The second-order valence-electron chi connectivity index (χ2n) is 3.35. The second kappa shape index (κ2) is 5.95. The maximum absolute atomic E-state index is 11.4. The first kappa shape index (κ1) is 11.4. The average molecular weight is 202 g/mol. The third kappa shape index (κ3) is 3.25. The average Bonchev–Trinajstić information content (AvgIpc) is 2.21. The van der Waals surface area contributed by atoms with Gasteiger partial charge in [-0.25, -0.2) is 0 Å². The van der Waals surface area contributed by atoms with Gasteiger partial charge in [0, 0.05) is 33.4 Å². The van der Waals surface area contributed by atoms with Crippen molar-refractivity contribution in [3.05, 3.63) is 0 Å². The van der Waals surface area contributed by atoms with E-state index < -0.39 is 0 Å². The van der Waals surface area contributed by atoms with Crippen molar-refractivity contribution in [2.24, 2.45) is 5.73 Å². The van der Waals surface area contributed by atoms with Crippen molar-refractivity contribution in [1.29, 1.82) is 0 Å². The molecule has 0 aliphatic carbocycles. The molecule has 0 aromatic rings. The normalized spacial score (nSPS) is 22.9. The van der Waals surface area contributed by atoms with Crippen LogP contribution in [0.2, 0.25) is 0 Å². The number of nitrogens with two attached hydrogens (primary N) is 1. The summed E-state index contributed by atoms with van der Waals surface area (Å²) < 4.78 is 10.2. The minimum absolute atomic E-state index is 0.00440. The molecule has 0 saturated carbocycles. The molecule has 1 amide bonds. The monoisotopic (exact) mass is 202 g/mol. The van der Waals surface area contributed by atoms with Crippen LogP contribution in [0.15, 0.2) is 0 Å². The van der Waals surface area contributed by atoms with Crippen LogP contribution in [0.1, 0.15) is 6.42 Å². The van der Waals surface area contributed by atoms with Gasteiger partial charge in [0.15, 0.2) is 0 Å². The van der Waals surface area contributed by atoms with Gasteiger partial charge in [0.25, 0.3) is 0 Å². The molecule has 5 heteroatoms. The Kier molecular flexibility index (Phi) is 4.86. The fourth-order valence-corrected chi connectivity index (χ4v) is 1.44. The Morgan fingerprint density at radius 2 is 2.50 bits per heavy atom. The van der Waals surface area contributed by atoms with Crippen LogP contribution in [0.25, 0.3) is 0 Å². The first-order valence-corrected chi connectivity index (χ1v) is 4.86. The number of hydrogen-bond donors (Lipinski definition) is 1. The van der Waals surface area contributed by atoms with Crippen LogP contribution in [0.5, 0.6) is 0 Å². The minimum Gasteiger partial charge on any atom is -0.385 e. The molecule has 1 saturated heterocycles. The molecule has 1 aliphatic heterocycles. The number of hydrogen-bond acceptors (Lipinski definition) is 4. The number of ether oxygens (including phenoxy) is 2. The van der Waals surface area contributed by atoms with Gasteiger partial charge in [-0.3, -0.25) is 4.79 Å². The maximum atomic E-state index is 11.4. The zero-order valence-electron chi connectivity index (χ0n) is 8.57. The molecule has 0 bridgehead atoms. The van der Waals surface area contributed by atoms with Crippen molar-refractivity contribution >= 4 is 5.91 Å². The van der Waals surface area contributed by atoms with Gasteiger partial charge in [-0.2, -0.15) is 0 Å². The maximum Gasteiger partial charge on any atom is 0.248 e. The summed E-state index contributed by atoms with van der Waals surface area (Å²) >= 11 is 0. The number of carbonyl (C=O) groups is 1. The van der Waals surface area contributed by atoms with E-state index >= 15 is 0 Å². The summed E-state index contributed by atoms with van der Waals surface area (Å²) in [6.07, 6.45) is 0.856. The summed E-state index contributed by atoms with van der Waals surface area (Å²) in [7, 11) is 1.66. The smallest absolute Gasteiger partial charge is 0.248 e. The molecule has 1 unspecified atom stereocenters. The van der Waals surface area contributed by atoms with Crippen molar-refractivity contribution < 1.29 is 14.3 Å². The van der Waals surface area contributed by atoms with Crippen molar-refractivity contribution in [2.45, 2.75) is 12.5 Å². The number of nitrogens with zero attached hydrogens (tertiary/aromatic N) is 1. The van der Waals surface area contributed by atoms with E-state index in [0.29, 0.717) is 19.7 Å².